The summed E-state index contributed by atoms with van der Waals surface area (Å²) in [6.45, 7) is 0.929. The van der Waals surface area contributed by atoms with Gasteiger partial charge in [0.1, 0.15) is 6.54 Å². The lowest BCUT2D eigenvalue weighted by atomic mass is 10.0. The van der Waals surface area contributed by atoms with E-state index in [9.17, 15) is 19.2 Å². The van der Waals surface area contributed by atoms with Gasteiger partial charge in [-0.25, -0.2) is 9.79 Å². The molecular weight excluding hydrogens is 470 g/mol. The Kier molecular flexibility index (Phi) is 8.26. The number of nitrogens with zero attached hydrogens (tertiary/aromatic N) is 4. The van der Waals surface area contributed by atoms with E-state index in [4.69, 9.17) is 10.6 Å². The standard InChI is InChI=1S/C24H27N5O5S/c1-15(30)27(2)13-20(31)34-29-19-12-8-7-11-17(19)21(16-9-5-4-6-10-16)26-22(24(29)33)28(3)23(32)18(25)14-35/h4-12,18,22,35H,13-14,25H2,1-3H3. The molecule has 0 radical (unpaired) electrons. The van der Waals surface area contributed by atoms with Gasteiger partial charge in [-0.15, -0.1) is 5.06 Å². The van der Waals surface area contributed by atoms with Gasteiger partial charge in [0.15, 0.2) is 0 Å². The van der Waals surface area contributed by atoms with Crippen molar-refractivity contribution in [3.63, 3.8) is 0 Å². The van der Waals surface area contributed by atoms with Gasteiger partial charge in [0, 0.05) is 37.9 Å². The summed E-state index contributed by atoms with van der Waals surface area (Å²) in [6.07, 6.45) is -1.38. The number of amides is 3. The lowest BCUT2D eigenvalue weighted by Crippen LogP contribution is -2.53. The van der Waals surface area contributed by atoms with Gasteiger partial charge in [-0.1, -0.05) is 48.5 Å². The Hall–Kier alpha value is -3.70. The van der Waals surface area contributed by atoms with E-state index in [2.05, 4.69) is 17.6 Å². The highest BCUT2D eigenvalue weighted by Crippen LogP contribution is 2.29. The van der Waals surface area contributed by atoms with Crippen LogP contribution in [0, 0.1) is 0 Å². The number of fused-ring (bicyclic) bond motifs is 1. The average Bonchev–Trinajstić information content (AvgIpc) is 2.98. The zero-order valence-corrected chi connectivity index (χ0v) is 20.5. The summed E-state index contributed by atoms with van der Waals surface area (Å²) in [5.74, 6) is -2.44. The molecule has 2 atom stereocenters. The van der Waals surface area contributed by atoms with Crippen LogP contribution in [-0.4, -0.2) is 77.8 Å². The Morgan fingerprint density at radius 2 is 1.74 bits per heavy atom. The molecule has 1 aliphatic heterocycles. The van der Waals surface area contributed by atoms with E-state index in [1.54, 1.807) is 24.3 Å². The Morgan fingerprint density at radius 1 is 1.11 bits per heavy atom. The Bertz CT molecular complexity index is 1160. The maximum Gasteiger partial charge on any atom is 0.352 e. The molecule has 0 aliphatic carbocycles. The number of carbonyl (C=O) groups excluding carboxylic acids is 4. The SMILES string of the molecule is CC(=O)N(C)CC(=O)ON1C(=O)C(N(C)C(=O)C(N)CS)N=C(c2ccccc2)c2ccccc21. The van der Waals surface area contributed by atoms with Gasteiger partial charge < -0.3 is 20.4 Å². The zero-order chi connectivity index (χ0) is 25.7. The smallest absolute Gasteiger partial charge is 0.335 e. The number of para-hydroxylation sites is 1. The summed E-state index contributed by atoms with van der Waals surface area (Å²) >= 11 is 4.08. The molecule has 0 bridgehead atoms. The van der Waals surface area contributed by atoms with Crippen LogP contribution in [0.15, 0.2) is 59.6 Å². The van der Waals surface area contributed by atoms with Gasteiger partial charge in [0.25, 0.3) is 0 Å². The van der Waals surface area contributed by atoms with Crippen molar-refractivity contribution in [3.05, 3.63) is 65.7 Å². The number of anilines is 1. The number of nitrogens with two attached hydrogens (primary N) is 1. The summed E-state index contributed by atoms with van der Waals surface area (Å²) in [4.78, 5) is 63.1. The highest BCUT2D eigenvalue weighted by Gasteiger charge is 2.39. The van der Waals surface area contributed by atoms with E-state index >= 15 is 0 Å². The Balaban J connectivity index is 2.13. The molecule has 0 saturated heterocycles. The zero-order valence-electron chi connectivity index (χ0n) is 19.6. The van der Waals surface area contributed by atoms with Gasteiger partial charge in [-0.05, 0) is 6.07 Å². The van der Waals surface area contributed by atoms with Crippen LogP contribution in [0.4, 0.5) is 5.69 Å². The van der Waals surface area contributed by atoms with Crippen molar-refractivity contribution in [1.29, 1.82) is 0 Å². The van der Waals surface area contributed by atoms with Crippen LogP contribution < -0.4 is 10.8 Å². The van der Waals surface area contributed by atoms with Crippen LogP contribution in [0.5, 0.6) is 0 Å². The molecule has 0 saturated carbocycles. The minimum atomic E-state index is -1.38. The second-order valence-electron chi connectivity index (χ2n) is 7.94. The summed E-state index contributed by atoms with van der Waals surface area (Å²) in [7, 11) is 2.84. The first-order chi connectivity index (χ1) is 16.6. The molecule has 3 amide bonds. The third-order valence-corrected chi connectivity index (χ3v) is 5.82. The summed E-state index contributed by atoms with van der Waals surface area (Å²) in [6, 6.07) is 15.0. The van der Waals surface area contributed by atoms with E-state index < -0.39 is 30.0 Å². The van der Waals surface area contributed by atoms with Gasteiger partial charge in [-0.2, -0.15) is 12.6 Å². The highest BCUT2D eigenvalue weighted by atomic mass is 32.1. The second-order valence-corrected chi connectivity index (χ2v) is 8.31. The predicted molar refractivity (Wildman–Crippen MR) is 134 cm³/mol. The van der Waals surface area contributed by atoms with Crippen molar-refractivity contribution < 1.29 is 24.0 Å². The van der Waals surface area contributed by atoms with Gasteiger partial charge >= 0.3 is 11.9 Å². The Morgan fingerprint density at radius 3 is 2.37 bits per heavy atom. The molecule has 2 aromatic carbocycles. The van der Waals surface area contributed by atoms with Crippen LogP contribution in [-0.2, 0) is 24.0 Å². The number of hydrogen-bond donors (Lipinski definition) is 2. The van der Waals surface area contributed by atoms with E-state index in [1.165, 1.54) is 21.0 Å². The lowest BCUT2D eigenvalue weighted by Gasteiger charge is -2.29. The molecule has 3 rings (SSSR count). The summed E-state index contributed by atoms with van der Waals surface area (Å²) in [5.41, 5.74) is 7.78. The van der Waals surface area contributed by atoms with Crippen LogP contribution in [0.3, 0.4) is 0 Å². The maximum atomic E-state index is 13.7. The van der Waals surface area contributed by atoms with Crippen LogP contribution in [0.2, 0.25) is 0 Å². The first-order valence-electron chi connectivity index (χ1n) is 10.8. The molecule has 1 aliphatic rings. The van der Waals surface area contributed by atoms with Gasteiger partial charge in [-0.3, -0.25) is 14.4 Å². The molecule has 0 spiro atoms. The van der Waals surface area contributed by atoms with Crippen LogP contribution in [0.25, 0.3) is 0 Å². The molecular formula is C24H27N5O5S. The number of thiol groups is 1. The number of likely N-dealkylation sites (N-methyl/N-ethyl adjacent to an activating group) is 2. The highest BCUT2D eigenvalue weighted by molar-refractivity contribution is 7.80. The number of aliphatic imine (C=N–C) groups is 1. The molecule has 2 N–H and O–H groups in total. The van der Waals surface area contributed by atoms with Gasteiger partial charge in [0.05, 0.1) is 17.4 Å². The number of hydroxylamine groups is 1. The third-order valence-electron chi connectivity index (χ3n) is 5.42. The monoisotopic (exact) mass is 497 g/mol. The van der Waals surface area contributed by atoms with Crippen molar-refractivity contribution >= 4 is 47.7 Å². The Labute approximate surface area is 208 Å². The van der Waals surface area contributed by atoms with E-state index in [-0.39, 0.29) is 23.9 Å². The normalized spacial score (nSPS) is 15.9. The summed E-state index contributed by atoms with van der Waals surface area (Å²) in [5, 5.41) is 0.825. The molecule has 1 heterocycles. The topological polar surface area (TPSA) is 126 Å². The molecule has 0 fully saturated rings. The van der Waals surface area contributed by atoms with Gasteiger partial charge in [0.2, 0.25) is 18.0 Å². The lowest BCUT2D eigenvalue weighted by molar-refractivity contribution is -0.155. The quantitative estimate of drug-likeness (QED) is 0.547. The fourth-order valence-electron chi connectivity index (χ4n) is 3.39. The summed E-state index contributed by atoms with van der Waals surface area (Å²) < 4.78 is 0. The van der Waals surface area contributed by atoms with E-state index in [0.29, 0.717) is 16.8 Å². The fourth-order valence-corrected chi connectivity index (χ4v) is 3.55. The number of benzene rings is 2. The molecule has 0 aromatic heterocycles. The molecule has 2 aromatic rings. The van der Waals surface area contributed by atoms with Crippen molar-refractivity contribution in [3.8, 4) is 0 Å². The maximum absolute atomic E-state index is 13.7. The average molecular weight is 498 g/mol. The molecule has 2 unspecified atom stereocenters. The van der Waals surface area contributed by atoms with Crippen molar-refractivity contribution in [2.45, 2.75) is 19.1 Å². The number of hydrogen-bond acceptors (Lipinski definition) is 8. The fraction of sp³-hybridized carbons (Fsp3) is 0.292. The molecule has 10 nitrogen and oxygen atoms in total. The number of benzodiazepines with no additional fused rings is 1. The molecule has 11 heteroatoms. The molecule has 184 valence electrons. The van der Waals surface area contributed by atoms with E-state index in [0.717, 1.165) is 14.9 Å². The van der Waals surface area contributed by atoms with Crippen molar-refractivity contribution in [2.75, 3.05) is 31.5 Å². The number of carbonyl (C=O) groups is 4. The number of rotatable bonds is 7. The third kappa shape index (κ3) is 5.69. The van der Waals surface area contributed by atoms with Crippen LogP contribution >= 0.6 is 12.6 Å². The first-order valence-corrected chi connectivity index (χ1v) is 11.4. The minimum absolute atomic E-state index is 0.0651. The van der Waals surface area contributed by atoms with E-state index in [1.807, 2.05) is 30.3 Å². The second kappa shape index (κ2) is 11.2. The predicted octanol–water partition coefficient (Wildman–Crippen LogP) is 0.849. The largest absolute Gasteiger partial charge is 0.352 e. The van der Waals surface area contributed by atoms with Crippen molar-refractivity contribution in [1.82, 2.24) is 9.80 Å². The molecule has 35 heavy (non-hydrogen) atoms. The first kappa shape index (κ1) is 25.9. The minimum Gasteiger partial charge on any atom is -0.335 e. The van der Waals surface area contributed by atoms with Crippen LogP contribution in [0.1, 0.15) is 18.1 Å². The van der Waals surface area contributed by atoms with Crippen molar-refractivity contribution in [2.24, 2.45) is 10.7 Å².